The summed E-state index contributed by atoms with van der Waals surface area (Å²) in [6.07, 6.45) is 1.86. The Kier molecular flexibility index (Phi) is 3.69. The first-order valence-electron chi connectivity index (χ1n) is 5.61. The van der Waals surface area contributed by atoms with Gasteiger partial charge in [-0.2, -0.15) is 10.1 Å². The molecule has 18 heavy (non-hydrogen) atoms. The Morgan fingerprint density at radius 3 is 2.78 bits per heavy atom. The third-order valence-corrected chi connectivity index (χ3v) is 2.58. The topological polar surface area (TPSA) is 85.8 Å². The predicted molar refractivity (Wildman–Crippen MR) is 67.8 cm³/mol. The lowest BCUT2D eigenvalue weighted by Gasteiger charge is -2.11. The van der Waals surface area contributed by atoms with Crippen LogP contribution in [0.15, 0.2) is 36.7 Å². The van der Waals surface area contributed by atoms with Gasteiger partial charge < -0.3 is 5.73 Å². The number of hydrogen-bond acceptors (Lipinski definition) is 4. The van der Waals surface area contributed by atoms with E-state index in [-0.39, 0.29) is 5.91 Å². The Bertz CT molecular complexity index is 522. The fourth-order valence-electron chi connectivity index (χ4n) is 1.57. The number of aryl methyl sites for hydroxylation is 1. The van der Waals surface area contributed by atoms with Gasteiger partial charge in [-0.1, -0.05) is 30.3 Å². The van der Waals surface area contributed by atoms with Gasteiger partial charge in [0.05, 0.1) is 6.04 Å². The van der Waals surface area contributed by atoms with Crippen molar-refractivity contribution >= 4 is 11.9 Å². The fourth-order valence-corrected chi connectivity index (χ4v) is 1.57. The molecule has 0 saturated carbocycles. The number of anilines is 1. The van der Waals surface area contributed by atoms with Crippen LogP contribution in [0, 0.1) is 0 Å². The zero-order valence-corrected chi connectivity index (χ0v) is 10.1. The molecular weight excluding hydrogens is 230 g/mol. The van der Waals surface area contributed by atoms with E-state index in [4.69, 9.17) is 5.73 Å². The zero-order valence-electron chi connectivity index (χ0n) is 10.1. The van der Waals surface area contributed by atoms with E-state index in [0.29, 0.717) is 12.4 Å². The van der Waals surface area contributed by atoms with Gasteiger partial charge in [0, 0.05) is 7.05 Å². The molecule has 0 bridgehead atoms. The molecule has 0 aliphatic heterocycles. The molecular formula is C12H15N5O. The summed E-state index contributed by atoms with van der Waals surface area (Å²) in [5, 5.41) is 6.50. The van der Waals surface area contributed by atoms with E-state index in [1.165, 1.54) is 11.0 Å². The average Bonchev–Trinajstić information content (AvgIpc) is 2.76. The molecule has 0 fully saturated rings. The van der Waals surface area contributed by atoms with Gasteiger partial charge in [0.15, 0.2) is 0 Å². The molecule has 1 heterocycles. The second kappa shape index (κ2) is 5.42. The number of hydrogen-bond donors (Lipinski definition) is 2. The van der Waals surface area contributed by atoms with Crippen molar-refractivity contribution in [2.45, 2.75) is 12.5 Å². The van der Waals surface area contributed by atoms with E-state index in [2.05, 4.69) is 15.4 Å². The number of aromatic nitrogens is 3. The van der Waals surface area contributed by atoms with E-state index in [1.807, 2.05) is 30.3 Å². The van der Waals surface area contributed by atoms with Gasteiger partial charge >= 0.3 is 0 Å². The Labute approximate surface area is 105 Å². The maximum Gasteiger partial charge on any atom is 0.243 e. The third-order valence-electron chi connectivity index (χ3n) is 2.58. The molecule has 0 spiro atoms. The van der Waals surface area contributed by atoms with Crippen LogP contribution in [-0.4, -0.2) is 26.7 Å². The zero-order chi connectivity index (χ0) is 13.0. The van der Waals surface area contributed by atoms with Gasteiger partial charge in [0.2, 0.25) is 11.9 Å². The lowest BCUT2D eigenvalue weighted by molar-refractivity contribution is -0.117. The molecule has 1 atom stereocenters. The summed E-state index contributed by atoms with van der Waals surface area (Å²) in [6, 6.07) is 9.04. The average molecular weight is 245 g/mol. The number of carbonyl (C=O) groups is 1. The summed E-state index contributed by atoms with van der Waals surface area (Å²) in [6.45, 7) is 0. The SMILES string of the molecule is Cn1ncnc1NC(=O)[C@@H](N)Cc1ccccc1. The molecule has 3 N–H and O–H groups in total. The smallest absolute Gasteiger partial charge is 0.243 e. The molecule has 2 rings (SSSR count). The first-order valence-corrected chi connectivity index (χ1v) is 5.61. The van der Waals surface area contributed by atoms with Crippen molar-refractivity contribution in [3.8, 4) is 0 Å². The molecule has 6 nitrogen and oxygen atoms in total. The summed E-state index contributed by atoms with van der Waals surface area (Å²) in [4.78, 5) is 15.8. The number of carbonyl (C=O) groups excluding carboxylic acids is 1. The monoisotopic (exact) mass is 245 g/mol. The van der Waals surface area contributed by atoms with Crippen molar-refractivity contribution in [3.05, 3.63) is 42.2 Å². The first kappa shape index (κ1) is 12.3. The summed E-state index contributed by atoms with van der Waals surface area (Å²) in [5.74, 6) is 0.124. The second-order valence-electron chi connectivity index (χ2n) is 3.99. The fraction of sp³-hybridized carbons (Fsp3) is 0.250. The minimum absolute atomic E-state index is 0.269. The quantitative estimate of drug-likeness (QED) is 0.812. The van der Waals surface area contributed by atoms with Crippen LogP contribution in [0.5, 0.6) is 0 Å². The van der Waals surface area contributed by atoms with E-state index in [1.54, 1.807) is 7.05 Å². The lowest BCUT2D eigenvalue weighted by Crippen LogP contribution is -2.38. The Hall–Kier alpha value is -2.21. The van der Waals surface area contributed by atoms with Crippen molar-refractivity contribution in [1.29, 1.82) is 0 Å². The number of nitrogens with one attached hydrogen (secondary N) is 1. The Morgan fingerprint density at radius 2 is 2.17 bits per heavy atom. The van der Waals surface area contributed by atoms with Crippen LogP contribution in [0.4, 0.5) is 5.95 Å². The van der Waals surface area contributed by atoms with Crippen LogP contribution in [0.3, 0.4) is 0 Å². The van der Waals surface area contributed by atoms with Crippen molar-refractivity contribution in [2.24, 2.45) is 12.8 Å². The molecule has 1 aromatic heterocycles. The van der Waals surface area contributed by atoms with Crippen molar-refractivity contribution < 1.29 is 4.79 Å². The van der Waals surface area contributed by atoms with Crippen molar-refractivity contribution in [1.82, 2.24) is 14.8 Å². The van der Waals surface area contributed by atoms with Gasteiger partial charge in [-0.3, -0.25) is 10.1 Å². The van der Waals surface area contributed by atoms with Crippen LogP contribution in [0.25, 0.3) is 0 Å². The van der Waals surface area contributed by atoms with Crippen LogP contribution in [0.2, 0.25) is 0 Å². The van der Waals surface area contributed by atoms with E-state index in [9.17, 15) is 4.79 Å². The molecule has 94 valence electrons. The van der Waals surface area contributed by atoms with Crippen LogP contribution >= 0.6 is 0 Å². The molecule has 1 amide bonds. The molecule has 0 aliphatic rings. The van der Waals surface area contributed by atoms with E-state index < -0.39 is 6.04 Å². The molecule has 2 aromatic rings. The van der Waals surface area contributed by atoms with Gasteiger partial charge in [-0.15, -0.1) is 0 Å². The number of rotatable bonds is 4. The molecule has 0 unspecified atom stereocenters. The lowest BCUT2D eigenvalue weighted by atomic mass is 10.1. The van der Waals surface area contributed by atoms with Crippen molar-refractivity contribution in [3.63, 3.8) is 0 Å². The summed E-state index contributed by atoms with van der Waals surface area (Å²) >= 11 is 0. The maximum atomic E-state index is 11.8. The van der Waals surface area contributed by atoms with Crippen LogP contribution < -0.4 is 11.1 Å². The minimum Gasteiger partial charge on any atom is -0.320 e. The molecule has 6 heteroatoms. The Morgan fingerprint density at radius 1 is 1.44 bits per heavy atom. The highest BCUT2D eigenvalue weighted by molar-refractivity contribution is 5.93. The molecule has 0 aliphatic carbocycles. The summed E-state index contributed by atoms with van der Waals surface area (Å²) in [7, 11) is 1.70. The molecule has 1 aromatic carbocycles. The van der Waals surface area contributed by atoms with Gasteiger partial charge in [0.25, 0.3) is 0 Å². The first-order chi connectivity index (χ1) is 8.66. The maximum absolute atomic E-state index is 11.8. The Balaban J connectivity index is 1.95. The minimum atomic E-state index is -0.607. The number of nitrogens with two attached hydrogens (primary N) is 1. The van der Waals surface area contributed by atoms with Gasteiger partial charge in [0.1, 0.15) is 6.33 Å². The van der Waals surface area contributed by atoms with Crippen molar-refractivity contribution in [2.75, 3.05) is 5.32 Å². The number of benzene rings is 1. The summed E-state index contributed by atoms with van der Waals surface area (Å²) < 4.78 is 1.48. The molecule has 0 saturated heterocycles. The molecule has 0 radical (unpaired) electrons. The predicted octanol–water partition coefficient (Wildman–Crippen LogP) is 0.324. The van der Waals surface area contributed by atoms with E-state index in [0.717, 1.165) is 5.56 Å². The standard InChI is InChI=1S/C12H15N5O/c1-17-12(14-8-15-17)16-11(18)10(13)7-9-5-3-2-4-6-9/h2-6,8,10H,7,13H2,1H3,(H,14,15,16,18)/t10-/m0/s1. The summed E-state index contributed by atoms with van der Waals surface area (Å²) in [5.41, 5.74) is 6.87. The van der Waals surface area contributed by atoms with Crippen LogP contribution in [-0.2, 0) is 18.3 Å². The second-order valence-corrected chi connectivity index (χ2v) is 3.99. The number of amides is 1. The largest absolute Gasteiger partial charge is 0.320 e. The van der Waals surface area contributed by atoms with Crippen LogP contribution in [0.1, 0.15) is 5.56 Å². The normalized spacial score (nSPS) is 12.1. The van der Waals surface area contributed by atoms with E-state index >= 15 is 0 Å². The highest BCUT2D eigenvalue weighted by Gasteiger charge is 2.15. The highest BCUT2D eigenvalue weighted by Crippen LogP contribution is 2.04. The highest BCUT2D eigenvalue weighted by atomic mass is 16.2. The number of nitrogens with zero attached hydrogens (tertiary/aromatic N) is 3. The van der Waals surface area contributed by atoms with Gasteiger partial charge in [-0.05, 0) is 12.0 Å². The van der Waals surface area contributed by atoms with Gasteiger partial charge in [-0.25, -0.2) is 4.68 Å². The third kappa shape index (κ3) is 2.92.